The Hall–Kier alpha value is -2.31. The third kappa shape index (κ3) is 5.64. The fourth-order valence-electron chi connectivity index (χ4n) is 4.60. The quantitative estimate of drug-likeness (QED) is 0.543. The lowest BCUT2D eigenvalue weighted by Gasteiger charge is -2.33. The van der Waals surface area contributed by atoms with Crippen molar-refractivity contribution in [2.24, 2.45) is 4.99 Å². The number of guanidine groups is 1. The Bertz CT molecular complexity index is 762. The van der Waals surface area contributed by atoms with Crippen LogP contribution in [0.1, 0.15) is 43.0 Å². The highest BCUT2D eigenvalue weighted by Crippen LogP contribution is 2.24. The number of likely N-dealkylation sites (tertiary alicyclic amines) is 2. The SMILES string of the molecule is CN=C(NCC(c1ccco1)N1CCCC1)NC1CCN(Cc2ccccc2)CC1. The number of rotatable bonds is 7. The highest BCUT2D eigenvalue weighted by molar-refractivity contribution is 5.80. The fraction of sp³-hybridized carbons (Fsp3) is 0.542. The van der Waals surface area contributed by atoms with Crippen LogP contribution in [0, 0.1) is 0 Å². The number of hydrogen-bond donors (Lipinski definition) is 2. The third-order valence-electron chi connectivity index (χ3n) is 6.32. The normalized spacial score (nSPS) is 20.4. The minimum absolute atomic E-state index is 0.258. The molecular formula is C24H35N5O. The maximum Gasteiger partial charge on any atom is 0.191 e. The molecule has 6 heteroatoms. The third-order valence-corrected chi connectivity index (χ3v) is 6.32. The van der Waals surface area contributed by atoms with E-state index in [1.165, 1.54) is 18.4 Å². The number of piperidine rings is 1. The Kier molecular flexibility index (Phi) is 7.43. The molecule has 2 aliphatic rings. The van der Waals surface area contributed by atoms with Crippen molar-refractivity contribution in [3.63, 3.8) is 0 Å². The van der Waals surface area contributed by atoms with Crippen molar-refractivity contribution in [2.75, 3.05) is 39.8 Å². The van der Waals surface area contributed by atoms with E-state index >= 15 is 0 Å². The van der Waals surface area contributed by atoms with Crippen LogP contribution in [-0.2, 0) is 6.54 Å². The van der Waals surface area contributed by atoms with Gasteiger partial charge in [-0.25, -0.2) is 0 Å². The molecule has 0 radical (unpaired) electrons. The second-order valence-corrected chi connectivity index (χ2v) is 8.41. The zero-order chi connectivity index (χ0) is 20.6. The molecule has 1 atom stereocenters. The Morgan fingerprint density at radius 1 is 1.07 bits per heavy atom. The molecule has 162 valence electrons. The first-order valence-electron chi connectivity index (χ1n) is 11.3. The summed E-state index contributed by atoms with van der Waals surface area (Å²) in [6, 6.07) is 15.6. The van der Waals surface area contributed by atoms with Crippen molar-refractivity contribution in [2.45, 2.75) is 44.3 Å². The lowest BCUT2D eigenvalue weighted by atomic mass is 10.0. The molecule has 3 heterocycles. The summed E-state index contributed by atoms with van der Waals surface area (Å²) in [4.78, 5) is 9.54. The zero-order valence-corrected chi connectivity index (χ0v) is 18.1. The summed E-state index contributed by atoms with van der Waals surface area (Å²) in [5.41, 5.74) is 1.40. The fourth-order valence-corrected chi connectivity index (χ4v) is 4.60. The van der Waals surface area contributed by atoms with E-state index in [1.54, 1.807) is 6.26 Å². The van der Waals surface area contributed by atoms with Crippen molar-refractivity contribution in [1.82, 2.24) is 20.4 Å². The van der Waals surface area contributed by atoms with Gasteiger partial charge in [-0.05, 0) is 56.5 Å². The van der Waals surface area contributed by atoms with Crippen molar-refractivity contribution < 1.29 is 4.42 Å². The first-order valence-corrected chi connectivity index (χ1v) is 11.3. The summed E-state index contributed by atoms with van der Waals surface area (Å²) >= 11 is 0. The van der Waals surface area contributed by atoms with Gasteiger partial charge in [0.25, 0.3) is 0 Å². The lowest BCUT2D eigenvalue weighted by Crippen LogP contribution is -2.49. The molecule has 4 rings (SSSR count). The lowest BCUT2D eigenvalue weighted by molar-refractivity contribution is 0.197. The predicted octanol–water partition coefficient (Wildman–Crippen LogP) is 3.25. The van der Waals surface area contributed by atoms with E-state index in [2.05, 4.69) is 61.8 Å². The molecule has 0 aliphatic carbocycles. The van der Waals surface area contributed by atoms with Crippen LogP contribution in [0.3, 0.4) is 0 Å². The molecule has 6 nitrogen and oxygen atoms in total. The average molecular weight is 410 g/mol. The molecule has 2 N–H and O–H groups in total. The molecule has 0 amide bonds. The van der Waals surface area contributed by atoms with Gasteiger partial charge < -0.3 is 15.1 Å². The predicted molar refractivity (Wildman–Crippen MR) is 121 cm³/mol. The van der Waals surface area contributed by atoms with E-state index in [0.29, 0.717) is 6.04 Å². The summed E-state index contributed by atoms with van der Waals surface area (Å²) < 4.78 is 5.74. The topological polar surface area (TPSA) is 56.0 Å². The minimum atomic E-state index is 0.258. The maximum absolute atomic E-state index is 5.74. The Balaban J connectivity index is 1.25. The van der Waals surface area contributed by atoms with Gasteiger partial charge in [0.05, 0.1) is 12.3 Å². The van der Waals surface area contributed by atoms with E-state index in [0.717, 1.165) is 63.8 Å². The van der Waals surface area contributed by atoms with Crippen molar-refractivity contribution in [3.8, 4) is 0 Å². The minimum Gasteiger partial charge on any atom is -0.468 e. The first kappa shape index (κ1) is 20.9. The number of nitrogens with one attached hydrogen (secondary N) is 2. The van der Waals surface area contributed by atoms with Gasteiger partial charge in [-0.15, -0.1) is 0 Å². The monoisotopic (exact) mass is 409 g/mol. The van der Waals surface area contributed by atoms with Crippen LogP contribution in [0.25, 0.3) is 0 Å². The van der Waals surface area contributed by atoms with E-state index in [1.807, 2.05) is 13.1 Å². The molecule has 2 aromatic rings. The van der Waals surface area contributed by atoms with Gasteiger partial charge in [0.15, 0.2) is 5.96 Å². The van der Waals surface area contributed by atoms with Crippen molar-refractivity contribution in [1.29, 1.82) is 0 Å². The highest BCUT2D eigenvalue weighted by Gasteiger charge is 2.26. The van der Waals surface area contributed by atoms with Gasteiger partial charge in [-0.2, -0.15) is 0 Å². The van der Waals surface area contributed by atoms with Crippen LogP contribution in [0.2, 0.25) is 0 Å². The Morgan fingerprint density at radius 2 is 1.83 bits per heavy atom. The van der Waals surface area contributed by atoms with Crippen LogP contribution in [-0.4, -0.2) is 61.6 Å². The van der Waals surface area contributed by atoms with Gasteiger partial charge in [0.2, 0.25) is 0 Å². The van der Waals surface area contributed by atoms with Crippen LogP contribution in [0.15, 0.2) is 58.1 Å². The number of furan rings is 1. The summed E-state index contributed by atoms with van der Waals surface area (Å²) in [6.07, 6.45) is 6.59. The summed E-state index contributed by atoms with van der Waals surface area (Å²) in [5.74, 6) is 1.93. The maximum atomic E-state index is 5.74. The first-order chi connectivity index (χ1) is 14.8. The van der Waals surface area contributed by atoms with E-state index < -0.39 is 0 Å². The van der Waals surface area contributed by atoms with E-state index in [9.17, 15) is 0 Å². The summed E-state index contributed by atoms with van der Waals surface area (Å²) in [6.45, 7) is 6.36. The van der Waals surface area contributed by atoms with Gasteiger partial charge in [-0.3, -0.25) is 14.8 Å². The number of benzene rings is 1. The molecule has 0 saturated carbocycles. The Labute approximate surface area is 180 Å². The van der Waals surface area contributed by atoms with Crippen LogP contribution in [0.4, 0.5) is 0 Å². The second kappa shape index (κ2) is 10.6. The van der Waals surface area contributed by atoms with E-state index in [-0.39, 0.29) is 6.04 Å². The van der Waals surface area contributed by atoms with E-state index in [4.69, 9.17) is 4.42 Å². The molecule has 2 saturated heterocycles. The van der Waals surface area contributed by atoms with Gasteiger partial charge in [0.1, 0.15) is 5.76 Å². The van der Waals surface area contributed by atoms with Crippen molar-refractivity contribution in [3.05, 3.63) is 60.1 Å². The molecule has 1 aromatic heterocycles. The second-order valence-electron chi connectivity index (χ2n) is 8.41. The van der Waals surface area contributed by atoms with Gasteiger partial charge >= 0.3 is 0 Å². The largest absolute Gasteiger partial charge is 0.468 e. The molecule has 2 fully saturated rings. The summed E-state index contributed by atoms with van der Waals surface area (Å²) in [7, 11) is 1.86. The van der Waals surface area contributed by atoms with Crippen LogP contribution >= 0.6 is 0 Å². The number of hydrogen-bond acceptors (Lipinski definition) is 4. The zero-order valence-electron chi connectivity index (χ0n) is 18.1. The molecule has 1 unspecified atom stereocenters. The molecule has 30 heavy (non-hydrogen) atoms. The Morgan fingerprint density at radius 3 is 2.50 bits per heavy atom. The molecule has 0 bridgehead atoms. The van der Waals surface area contributed by atoms with Crippen molar-refractivity contribution >= 4 is 5.96 Å². The molecule has 1 aromatic carbocycles. The molecule has 2 aliphatic heterocycles. The van der Waals surface area contributed by atoms with Crippen LogP contribution < -0.4 is 10.6 Å². The standard InChI is InChI=1S/C24H35N5O/c1-25-24(26-18-22(23-10-7-17-30-23)29-13-5-6-14-29)27-21-11-15-28(16-12-21)19-20-8-3-2-4-9-20/h2-4,7-10,17,21-22H,5-6,11-16,18-19H2,1H3,(H2,25,26,27). The van der Waals surface area contributed by atoms with Gasteiger partial charge in [-0.1, -0.05) is 30.3 Å². The van der Waals surface area contributed by atoms with Crippen LogP contribution in [0.5, 0.6) is 0 Å². The van der Waals surface area contributed by atoms with Gasteiger partial charge in [0, 0.05) is 39.3 Å². The number of nitrogens with zero attached hydrogens (tertiary/aromatic N) is 3. The smallest absolute Gasteiger partial charge is 0.191 e. The number of aliphatic imine (C=N–C) groups is 1. The highest BCUT2D eigenvalue weighted by atomic mass is 16.3. The molecular weight excluding hydrogens is 374 g/mol. The molecule has 0 spiro atoms. The summed E-state index contributed by atoms with van der Waals surface area (Å²) in [5, 5.41) is 7.20. The average Bonchev–Trinajstić information content (AvgIpc) is 3.50.